The van der Waals surface area contributed by atoms with E-state index >= 15 is 0 Å². The summed E-state index contributed by atoms with van der Waals surface area (Å²) in [5.74, 6) is 0.114. The number of carbonyl (C=O) groups is 2. The number of ether oxygens (including phenoxy) is 3. The maximum absolute atomic E-state index is 13.9. The van der Waals surface area contributed by atoms with Crippen molar-refractivity contribution in [1.29, 1.82) is 0 Å². The minimum absolute atomic E-state index is 0.0906. The van der Waals surface area contributed by atoms with E-state index in [2.05, 4.69) is 5.32 Å². The van der Waals surface area contributed by atoms with E-state index < -0.39 is 23.5 Å². The van der Waals surface area contributed by atoms with Gasteiger partial charge in [0.1, 0.15) is 17.8 Å². The fourth-order valence-electron chi connectivity index (χ4n) is 4.54. The molecule has 0 aliphatic heterocycles. The molecule has 6 nitrogen and oxygen atoms in total. The van der Waals surface area contributed by atoms with Crippen molar-refractivity contribution in [2.75, 3.05) is 14.2 Å². The van der Waals surface area contributed by atoms with Gasteiger partial charge in [-0.25, -0.2) is 4.79 Å². The zero-order chi connectivity index (χ0) is 26.1. The molecule has 0 heterocycles. The number of amides is 1. The quantitative estimate of drug-likeness (QED) is 0.296. The number of benzene rings is 4. The van der Waals surface area contributed by atoms with Crippen LogP contribution in [-0.4, -0.2) is 26.3 Å². The molecule has 4 aromatic carbocycles. The molecule has 0 spiro atoms. The summed E-state index contributed by atoms with van der Waals surface area (Å²) in [6.07, 6.45) is -0.657. The Balaban J connectivity index is 1.86. The molecular weight excluding hydrogens is 466 g/mol. The van der Waals surface area contributed by atoms with Gasteiger partial charge in [0, 0.05) is 0 Å². The van der Waals surface area contributed by atoms with Crippen molar-refractivity contribution >= 4 is 12.1 Å². The molecule has 1 amide bonds. The van der Waals surface area contributed by atoms with E-state index in [4.69, 9.17) is 14.2 Å². The highest BCUT2D eigenvalue weighted by molar-refractivity contribution is 5.90. The summed E-state index contributed by atoms with van der Waals surface area (Å²) in [6.45, 7) is 0.0906. The SMILES string of the molecule is COC(=O)[C@](c1ccccc1)(c1ccc(OC)cc1)[C@H](NC(=O)OCc1ccccc1)c1ccccc1. The number of esters is 1. The summed E-state index contributed by atoms with van der Waals surface area (Å²) in [5.41, 5.74) is 1.42. The van der Waals surface area contributed by atoms with E-state index in [1.165, 1.54) is 7.11 Å². The summed E-state index contributed by atoms with van der Waals surface area (Å²) < 4.78 is 16.4. The second kappa shape index (κ2) is 11.9. The first kappa shape index (κ1) is 25.5. The Hall–Kier alpha value is -4.58. The molecule has 188 valence electrons. The van der Waals surface area contributed by atoms with Crippen molar-refractivity contribution in [3.8, 4) is 5.75 Å². The normalized spacial score (nSPS) is 13.0. The van der Waals surface area contributed by atoms with Gasteiger partial charge in [-0.3, -0.25) is 4.79 Å². The van der Waals surface area contributed by atoms with Crippen LogP contribution in [0.25, 0.3) is 0 Å². The van der Waals surface area contributed by atoms with Crippen molar-refractivity contribution in [3.63, 3.8) is 0 Å². The van der Waals surface area contributed by atoms with Crippen molar-refractivity contribution < 1.29 is 23.8 Å². The third kappa shape index (κ3) is 5.48. The largest absolute Gasteiger partial charge is 0.497 e. The van der Waals surface area contributed by atoms with Gasteiger partial charge >= 0.3 is 12.1 Å². The van der Waals surface area contributed by atoms with Crippen molar-refractivity contribution in [1.82, 2.24) is 5.32 Å². The number of methoxy groups -OCH3 is 2. The molecule has 4 aromatic rings. The third-order valence-electron chi connectivity index (χ3n) is 6.32. The van der Waals surface area contributed by atoms with Crippen molar-refractivity contribution in [2.24, 2.45) is 0 Å². The molecule has 1 N–H and O–H groups in total. The fourth-order valence-corrected chi connectivity index (χ4v) is 4.54. The minimum atomic E-state index is -1.44. The van der Waals surface area contributed by atoms with E-state index in [1.54, 1.807) is 19.2 Å². The second-order valence-corrected chi connectivity index (χ2v) is 8.44. The molecule has 0 saturated heterocycles. The Bertz CT molecular complexity index is 1290. The van der Waals surface area contributed by atoms with Gasteiger partial charge in [-0.05, 0) is 34.4 Å². The molecule has 0 radical (unpaired) electrons. The van der Waals surface area contributed by atoms with Gasteiger partial charge in [0.05, 0.1) is 20.3 Å². The van der Waals surface area contributed by atoms with Crippen LogP contribution in [0.15, 0.2) is 115 Å². The Morgan fingerprint density at radius 2 is 1.27 bits per heavy atom. The lowest BCUT2D eigenvalue weighted by atomic mass is 9.67. The number of hydrogen-bond acceptors (Lipinski definition) is 5. The summed E-state index contributed by atoms with van der Waals surface area (Å²) in [4.78, 5) is 27.1. The maximum atomic E-state index is 13.9. The number of rotatable bonds is 9. The lowest BCUT2D eigenvalue weighted by Gasteiger charge is -2.39. The highest BCUT2D eigenvalue weighted by Gasteiger charge is 2.51. The van der Waals surface area contributed by atoms with Gasteiger partial charge in [-0.15, -0.1) is 0 Å². The molecular formula is C31H29NO5. The molecule has 4 rings (SSSR count). The molecule has 0 aliphatic rings. The van der Waals surface area contributed by atoms with Crippen LogP contribution >= 0.6 is 0 Å². The topological polar surface area (TPSA) is 73.9 Å². The predicted molar refractivity (Wildman–Crippen MR) is 141 cm³/mol. The van der Waals surface area contributed by atoms with Crippen molar-refractivity contribution in [3.05, 3.63) is 138 Å². The smallest absolute Gasteiger partial charge is 0.408 e. The van der Waals surface area contributed by atoms with Gasteiger partial charge in [0.2, 0.25) is 0 Å². The van der Waals surface area contributed by atoms with Crippen LogP contribution in [0.3, 0.4) is 0 Å². The Kier molecular flexibility index (Phi) is 8.21. The number of carbonyl (C=O) groups excluding carboxylic acids is 2. The standard InChI is InChI=1S/C31H29NO5/c1-35-27-20-18-26(19-21-27)31(29(33)36-2,25-16-10-5-11-17-25)28(24-14-8-4-9-15-24)32-30(34)37-22-23-12-6-3-7-13-23/h3-21,28H,22H2,1-2H3,(H,32,34)/t28-,31-/m1/s1. The molecule has 37 heavy (non-hydrogen) atoms. The zero-order valence-corrected chi connectivity index (χ0v) is 20.8. The number of nitrogens with one attached hydrogen (secondary N) is 1. The number of alkyl carbamates (subject to hydrolysis) is 1. The van der Waals surface area contributed by atoms with Gasteiger partial charge < -0.3 is 19.5 Å². The van der Waals surface area contributed by atoms with Gasteiger partial charge in [0.15, 0.2) is 0 Å². The molecule has 0 bridgehead atoms. The molecule has 0 aliphatic carbocycles. The molecule has 6 heteroatoms. The van der Waals surface area contributed by atoms with Crippen LogP contribution in [0.4, 0.5) is 4.79 Å². The Morgan fingerprint density at radius 3 is 1.84 bits per heavy atom. The number of hydrogen-bond donors (Lipinski definition) is 1. The van der Waals surface area contributed by atoms with Crippen LogP contribution in [0.1, 0.15) is 28.3 Å². The molecule has 0 unspecified atom stereocenters. The summed E-state index contributed by atoms with van der Waals surface area (Å²) in [5, 5.41) is 2.99. The first-order valence-corrected chi connectivity index (χ1v) is 11.9. The van der Waals surface area contributed by atoms with Crippen LogP contribution in [0.2, 0.25) is 0 Å². The van der Waals surface area contributed by atoms with Crippen molar-refractivity contribution in [2.45, 2.75) is 18.1 Å². The van der Waals surface area contributed by atoms with E-state index in [1.807, 2.05) is 103 Å². The van der Waals surface area contributed by atoms with E-state index in [0.717, 1.165) is 5.56 Å². The fraction of sp³-hybridized carbons (Fsp3) is 0.161. The monoisotopic (exact) mass is 495 g/mol. The first-order valence-electron chi connectivity index (χ1n) is 11.9. The van der Waals surface area contributed by atoms with Crippen LogP contribution in [0, 0.1) is 0 Å². The van der Waals surface area contributed by atoms with Gasteiger partial charge in [0.25, 0.3) is 0 Å². The van der Waals surface area contributed by atoms with Gasteiger partial charge in [-0.2, -0.15) is 0 Å². The maximum Gasteiger partial charge on any atom is 0.408 e. The Labute approximate surface area is 216 Å². The molecule has 0 aromatic heterocycles. The van der Waals surface area contributed by atoms with Gasteiger partial charge in [-0.1, -0.05) is 103 Å². The summed E-state index contributed by atoms with van der Waals surface area (Å²) in [6, 6.07) is 34.4. The zero-order valence-electron chi connectivity index (χ0n) is 20.8. The predicted octanol–water partition coefficient (Wildman–Crippen LogP) is 5.82. The summed E-state index contributed by atoms with van der Waals surface area (Å²) in [7, 11) is 2.93. The van der Waals surface area contributed by atoms with Crippen LogP contribution in [0.5, 0.6) is 5.75 Å². The highest BCUT2D eigenvalue weighted by atomic mass is 16.5. The Morgan fingerprint density at radius 1 is 0.730 bits per heavy atom. The van der Waals surface area contributed by atoms with E-state index in [9.17, 15) is 9.59 Å². The summed E-state index contributed by atoms with van der Waals surface area (Å²) >= 11 is 0. The van der Waals surface area contributed by atoms with Crippen LogP contribution in [-0.2, 0) is 26.3 Å². The minimum Gasteiger partial charge on any atom is -0.497 e. The van der Waals surface area contributed by atoms with Crippen LogP contribution < -0.4 is 10.1 Å². The highest BCUT2D eigenvalue weighted by Crippen LogP contribution is 2.45. The van der Waals surface area contributed by atoms with E-state index in [-0.39, 0.29) is 6.61 Å². The molecule has 0 fully saturated rings. The average Bonchev–Trinajstić information content (AvgIpc) is 2.97. The third-order valence-corrected chi connectivity index (χ3v) is 6.32. The van der Waals surface area contributed by atoms with E-state index in [0.29, 0.717) is 22.4 Å². The second-order valence-electron chi connectivity index (χ2n) is 8.44. The average molecular weight is 496 g/mol. The first-order chi connectivity index (χ1) is 18.1. The molecule has 0 saturated carbocycles. The lowest BCUT2D eigenvalue weighted by molar-refractivity contribution is -0.147. The lowest BCUT2D eigenvalue weighted by Crippen LogP contribution is -2.50. The molecule has 2 atom stereocenters.